The van der Waals surface area contributed by atoms with E-state index in [-0.39, 0.29) is 5.91 Å². The van der Waals surface area contributed by atoms with Gasteiger partial charge in [-0.1, -0.05) is 60.1 Å². The molecule has 0 unspecified atom stereocenters. The van der Waals surface area contributed by atoms with Crippen LogP contribution >= 0.6 is 11.6 Å². The summed E-state index contributed by atoms with van der Waals surface area (Å²) in [7, 11) is 0. The Hall–Kier alpha value is -3.24. The van der Waals surface area contributed by atoms with Crippen LogP contribution < -0.4 is 9.64 Å². The zero-order chi connectivity index (χ0) is 21.5. The van der Waals surface area contributed by atoms with E-state index in [1.807, 2.05) is 59.5 Å². The zero-order valence-corrected chi connectivity index (χ0v) is 18.0. The summed E-state index contributed by atoms with van der Waals surface area (Å²) in [6.45, 7) is 3.55. The van der Waals surface area contributed by atoms with E-state index in [1.54, 1.807) is 12.2 Å². The Morgan fingerprint density at radius 3 is 2.26 bits per heavy atom. The summed E-state index contributed by atoms with van der Waals surface area (Å²) in [4.78, 5) is 16.7. The lowest BCUT2D eigenvalue weighted by Crippen LogP contribution is -2.48. The molecule has 1 fully saturated rings. The Labute approximate surface area is 188 Å². The summed E-state index contributed by atoms with van der Waals surface area (Å²) >= 11 is 6.15. The van der Waals surface area contributed by atoms with Crippen LogP contribution in [0.25, 0.3) is 6.08 Å². The number of carbonyl (C=O) groups excluding carboxylic acids is 1. The van der Waals surface area contributed by atoms with Crippen molar-refractivity contribution in [3.8, 4) is 5.75 Å². The second-order valence-electron chi connectivity index (χ2n) is 7.44. The van der Waals surface area contributed by atoms with Crippen LogP contribution in [0.3, 0.4) is 0 Å². The third-order valence-corrected chi connectivity index (χ3v) is 5.70. The van der Waals surface area contributed by atoms with Gasteiger partial charge in [0.2, 0.25) is 5.91 Å². The van der Waals surface area contributed by atoms with Crippen molar-refractivity contribution < 1.29 is 9.53 Å². The van der Waals surface area contributed by atoms with Crippen LogP contribution in [-0.2, 0) is 11.4 Å². The molecule has 4 nitrogen and oxygen atoms in total. The van der Waals surface area contributed by atoms with E-state index in [0.717, 1.165) is 35.7 Å². The molecule has 31 heavy (non-hydrogen) atoms. The quantitative estimate of drug-likeness (QED) is 0.497. The second-order valence-corrected chi connectivity index (χ2v) is 7.84. The van der Waals surface area contributed by atoms with Crippen LogP contribution in [0.1, 0.15) is 11.1 Å². The number of amides is 1. The fraction of sp³-hybridized carbons (Fsp3) is 0.192. The minimum atomic E-state index is 0.0178. The molecule has 1 aliphatic heterocycles. The SMILES string of the molecule is O=C(/C=C/c1ccccc1Cl)N1CCN(c2ccc(OCc3ccccc3)cc2)CC1. The molecule has 3 aromatic rings. The summed E-state index contributed by atoms with van der Waals surface area (Å²) in [5.41, 5.74) is 3.15. The predicted octanol–water partition coefficient (Wildman–Crippen LogP) is 5.28. The molecule has 0 spiro atoms. The Balaban J connectivity index is 1.27. The standard InChI is InChI=1S/C26H25ClN2O2/c27-25-9-5-4-8-22(25)10-15-26(30)29-18-16-28(17-19-29)23-11-13-24(14-12-23)31-20-21-6-2-1-3-7-21/h1-15H,16-20H2/b15-10+. The van der Waals surface area contributed by atoms with Crippen LogP contribution in [-0.4, -0.2) is 37.0 Å². The summed E-state index contributed by atoms with van der Waals surface area (Å²) < 4.78 is 5.87. The molecule has 0 bridgehead atoms. The van der Waals surface area contributed by atoms with E-state index < -0.39 is 0 Å². The number of anilines is 1. The van der Waals surface area contributed by atoms with Crippen molar-refractivity contribution in [2.45, 2.75) is 6.61 Å². The second kappa shape index (κ2) is 10.2. The Morgan fingerprint density at radius 2 is 1.55 bits per heavy atom. The van der Waals surface area contributed by atoms with Gasteiger partial charge in [-0.25, -0.2) is 0 Å². The molecule has 0 N–H and O–H groups in total. The first kappa shape index (κ1) is 21.0. The topological polar surface area (TPSA) is 32.8 Å². The van der Waals surface area contributed by atoms with Crippen LogP contribution in [0, 0.1) is 0 Å². The lowest BCUT2D eigenvalue weighted by Gasteiger charge is -2.35. The van der Waals surface area contributed by atoms with E-state index in [4.69, 9.17) is 16.3 Å². The molecular weight excluding hydrogens is 408 g/mol. The van der Waals surface area contributed by atoms with Crippen molar-refractivity contribution in [2.24, 2.45) is 0 Å². The van der Waals surface area contributed by atoms with E-state index in [2.05, 4.69) is 29.2 Å². The van der Waals surface area contributed by atoms with Gasteiger partial charge in [0.15, 0.2) is 0 Å². The maximum atomic E-state index is 12.5. The minimum absolute atomic E-state index is 0.0178. The van der Waals surface area contributed by atoms with Gasteiger partial charge in [-0.05, 0) is 47.5 Å². The fourth-order valence-corrected chi connectivity index (χ4v) is 3.75. The first-order chi connectivity index (χ1) is 15.2. The first-order valence-electron chi connectivity index (χ1n) is 10.4. The van der Waals surface area contributed by atoms with Crippen molar-refractivity contribution in [3.63, 3.8) is 0 Å². The Bertz CT molecular complexity index is 1030. The molecule has 1 saturated heterocycles. The van der Waals surface area contributed by atoms with Crippen LogP contribution in [0.5, 0.6) is 5.75 Å². The van der Waals surface area contributed by atoms with Crippen LogP contribution in [0.15, 0.2) is 84.9 Å². The van der Waals surface area contributed by atoms with Crippen LogP contribution in [0.4, 0.5) is 5.69 Å². The summed E-state index contributed by atoms with van der Waals surface area (Å²) in [6.07, 6.45) is 3.39. The number of hydrogen-bond acceptors (Lipinski definition) is 3. The third kappa shape index (κ3) is 5.68. The normalized spacial score (nSPS) is 14.1. The van der Waals surface area contributed by atoms with Crippen molar-refractivity contribution >= 4 is 29.3 Å². The molecule has 0 radical (unpaired) electrons. The molecule has 1 heterocycles. The number of piperazine rings is 1. The van der Waals surface area contributed by atoms with Gasteiger partial charge >= 0.3 is 0 Å². The summed E-state index contributed by atoms with van der Waals surface area (Å²) in [5.74, 6) is 0.871. The molecular formula is C26H25ClN2O2. The number of hydrogen-bond donors (Lipinski definition) is 0. The molecule has 0 saturated carbocycles. The average Bonchev–Trinajstić information content (AvgIpc) is 2.83. The summed E-state index contributed by atoms with van der Waals surface area (Å²) in [6, 6.07) is 25.8. The van der Waals surface area contributed by atoms with Crippen LogP contribution in [0.2, 0.25) is 5.02 Å². The van der Waals surface area contributed by atoms with E-state index in [1.165, 1.54) is 0 Å². The third-order valence-electron chi connectivity index (χ3n) is 5.35. The Morgan fingerprint density at radius 1 is 0.871 bits per heavy atom. The monoisotopic (exact) mass is 432 g/mol. The average molecular weight is 433 g/mol. The highest BCUT2D eigenvalue weighted by atomic mass is 35.5. The highest BCUT2D eigenvalue weighted by Gasteiger charge is 2.20. The first-order valence-corrected chi connectivity index (χ1v) is 10.8. The number of rotatable bonds is 6. The largest absolute Gasteiger partial charge is 0.489 e. The lowest BCUT2D eigenvalue weighted by molar-refractivity contribution is -0.126. The van der Waals surface area contributed by atoms with Gasteiger partial charge < -0.3 is 14.5 Å². The molecule has 5 heteroatoms. The highest BCUT2D eigenvalue weighted by molar-refractivity contribution is 6.32. The molecule has 4 rings (SSSR count). The molecule has 0 atom stereocenters. The Kier molecular flexibility index (Phi) is 6.90. The molecule has 0 aromatic heterocycles. The van der Waals surface area contributed by atoms with E-state index in [9.17, 15) is 4.79 Å². The van der Waals surface area contributed by atoms with Gasteiger partial charge in [0, 0.05) is 43.0 Å². The van der Waals surface area contributed by atoms with Crippen molar-refractivity contribution in [2.75, 3.05) is 31.1 Å². The highest BCUT2D eigenvalue weighted by Crippen LogP contribution is 2.22. The number of halogens is 1. The van der Waals surface area contributed by atoms with Gasteiger partial charge in [0.05, 0.1) is 0 Å². The molecule has 1 aliphatic rings. The van der Waals surface area contributed by atoms with Gasteiger partial charge in [0.1, 0.15) is 12.4 Å². The number of ether oxygens (including phenoxy) is 1. The number of benzene rings is 3. The minimum Gasteiger partial charge on any atom is -0.489 e. The van der Waals surface area contributed by atoms with Gasteiger partial charge in [-0.3, -0.25) is 4.79 Å². The maximum absolute atomic E-state index is 12.5. The smallest absolute Gasteiger partial charge is 0.246 e. The molecule has 1 amide bonds. The molecule has 158 valence electrons. The molecule has 3 aromatic carbocycles. The van der Waals surface area contributed by atoms with Crippen molar-refractivity contribution in [1.82, 2.24) is 4.90 Å². The van der Waals surface area contributed by atoms with Gasteiger partial charge in [-0.15, -0.1) is 0 Å². The zero-order valence-electron chi connectivity index (χ0n) is 17.3. The van der Waals surface area contributed by atoms with Gasteiger partial charge in [0.25, 0.3) is 0 Å². The summed E-state index contributed by atoms with van der Waals surface area (Å²) in [5, 5.41) is 0.646. The van der Waals surface area contributed by atoms with E-state index >= 15 is 0 Å². The van der Waals surface area contributed by atoms with Gasteiger partial charge in [-0.2, -0.15) is 0 Å². The van der Waals surface area contributed by atoms with E-state index in [0.29, 0.717) is 24.7 Å². The molecule has 0 aliphatic carbocycles. The maximum Gasteiger partial charge on any atom is 0.246 e. The fourth-order valence-electron chi connectivity index (χ4n) is 3.56. The number of carbonyl (C=O) groups is 1. The number of nitrogens with zero attached hydrogens (tertiary/aromatic N) is 2. The van der Waals surface area contributed by atoms with Crippen molar-refractivity contribution in [1.29, 1.82) is 0 Å². The lowest BCUT2D eigenvalue weighted by atomic mass is 10.2. The predicted molar refractivity (Wildman–Crippen MR) is 126 cm³/mol. The van der Waals surface area contributed by atoms with Crippen molar-refractivity contribution in [3.05, 3.63) is 101 Å².